The van der Waals surface area contributed by atoms with Crippen LogP contribution in [-0.4, -0.2) is 55.3 Å². The molecule has 0 radical (unpaired) electrons. The van der Waals surface area contributed by atoms with E-state index < -0.39 is 11.7 Å². The Balaban J connectivity index is 1.61. The molecule has 0 bridgehead atoms. The van der Waals surface area contributed by atoms with E-state index in [2.05, 4.69) is 34.8 Å². The van der Waals surface area contributed by atoms with Gasteiger partial charge in [0, 0.05) is 42.1 Å². The van der Waals surface area contributed by atoms with E-state index in [1.165, 1.54) is 32.9 Å². The molecule has 2 heterocycles. The summed E-state index contributed by atoms with van der Waals surface area (Å²) in [6, 6.07) is 7.66. The van der Waals surface area contributed by atoms with Crippen LogP contribution in [0.5, 0.6) is 28.9 Å². The molecular formula is C25H25FN5O5P. The summed E-state index contributed by atoms with van der Waals surface area (Å²) in [5.74, 6) is 0.174. The number of fused-ring (bicyclic) bond motifs is 1. The number of carbonyl (C=O) groups is 1. The molecule has 0 aliphatic heterocycles. The Morgan fingerprint density at radius 1 is 1.08 bits per heavy atom. The average molecular weight is 525 g/mol. The summed E-state index contributed by atoms with van der Waals surface area (Å²) < 4.78 is 37.4. The fourth-order valence-corrected chi connectivity index (χ4v) is 3.85. The zero-order valence-corrected chi connectivity index (χ0v) is 21.5. The van der Waals surface area contributed by atoms with Crippen LogP contribution >= 0.6 is 9.24 Å². The van der Waals surface area contributed by atoms with Gasteiger partial charge in [0.15, 0.2) is 23.1 Å². The van der Waals surface area contributed by atoms with E-state index in [0.29, 0.717) is 46.6 Å². The highest BCUT2D eigenvalue weighted by atomic mass is 31.0. The van der Waals surface area contributed by atoms with Crippen molar-refractivity contribution >= 4 is 37.0 Å². The second kappa shape index (κ2) is 11.8. The smallest absolute Gasteiger partial charge is 0.261 e. The molecule has 1 unspecified atom stereocenters. The third kappa shape index (κ3) is 5.84. The monoisotopic (exact) mass is 525 g/mol. The lowest BCUT2D eigenvalue weighted by Crippen LogP contribution is -2.16. The fraction of sp³-hybridized carbons (Fsp3) is 0.200. The van der Waals surface area contributed by atoms with Crippen LogP contribution < -0.4 is 34.9 Å². The van der Waals surface area contributed by atoms with Crippen molar-refractivity contribution in [3.63, 3.8) is 0 Å². The first kappa shape index (κ1) is 26.0. The van der Waals surface area contributed by atoms with Crippen molar-refractivity contribution in [3.8, 4) is 28.9 Å². The number of hydrogen-bond donors (Lipinski definition) is 2. The number of carbonyl (C=O) groups excluding carboxylic acids is 1. The number of rotatable bonds is 10. The van der Waals surface area contributed by atoms with Crippen molar-refractivity contribution < 1.29 is 28.1 Å². The van der Waals surface area contributed by atoms with Gasteiger partial charge in [-0.2, -0.15) is 0 Å². The van der Waals surface area contributed by atoms with Gasteiger partial charge in [-0.25, -0.2) is 14.4 Å². The minimum absolute atomic E-state index is 0.0738. The zero-order valence-electron chi connectivity index (χ0n) is 20.4. The predicted octanol–water partition coefficient (Wildman–Crippen LogP) is 3.32. The van der Waals surface area contributed by atoms with Crippen molar-refractivity contribution in [1.29, 1.82) is 0 Å². The first-order valence-corrected chi connectivity index (χ1v) is 11.7. The van der Waals surface area contributed by atoms with Gasteiger partial charge in [-0.3, -0.25) is 9.78 Å². The molecule has 1 amide bonds. The molecule has 4 rings (SSSR count). The van der Waals surface area contributed by atoms with Crippen molar-refractivity contribution in [3.05, 3.63) is 60.4 Å². The van der Waals surface area contributed by atoms with E-state index in [1.807, 2.05) is 7.05 Å². The maximum absolute atomic E-state index is 15.2. The molecule has 0 saturated heterocycles. The molecule has 0 fully saturated rings. The van der Waals surface area contributed by atoms with Gasteiger partial charge in [0.1, 0.15) is 18.7 Å². The molecule has 2 N–H and O–H groups in total. The summed E-state index contributed by atoms with van der Waals surface area (Å²) in [5.41, 5.74) is 0.973. The second-order valence-electron chi connectivity index (χ2n) is 7.66. The Hall–Kier alpha value is -4.08. The molecule has 4 aromatic rings. The number of hydrogen-bond acceptors (Lipinski definition) is 9. The largest absolute Gasteiger partial charge is 0.496 e. The SMILES string of the molecule is CNCCOc1cc2ncnc(Oc3c(F)cc(NC(=O)c4cnccc4OC)cc3P)c2cc1OC. The number of likely N-dealkylation sites (N-methyl/N-ethyl adjacent to an activating group) is 1. The number of pyridine rings is 1. The van der Waals surface area contributed by atoms with Gasteiger partial charge in [0.2, 0.25) is 5.88 Å². The maximum atomic E-state index is 15.2. The Labute approximate surface area is 214 Å². The minimum atomic E-state index is -0.702. The molecule has 12 heteroatoms. The van der Waals surface area contributed by atoms with Crippen molar-refractivity contribution in [2.45, 2.75) is 0 Å². The average Bonchev–Trinajstić information content (AvgIpc) is 2.90. The molecule has 0 saturated carbocycles. The first-order chi connectivity index (χ1) is 17.9. The Bertz CT molecular complexity index is 1420. The highest BCUT2D eigenvalue weighted by Gasteiger charge is 2.18. The summed E-state index contributed by atoms with van der Waals surface area (Å²) in [6.45, 7) is 1.09. The van der Waals surface area contributed by atoms with E-state index in [-0.39, 0.29) is 22.9 Å². The van der Waals surface area contributed by atoms with Gasteiger partial charge in [0.25, 0.3) is 5.91 Å². The summed E-state index contributed by atoms with van der Waals surface area (Å²) in [4.78, 5) is 25.1. The van der Waals surface area contributed by atoms with E-state index in [4.69, 9.17) is 18.9 Å². The van der Waals surface area contributed by atoms with Crippen LogP contribution in [0.25, 0.3) is 10.9 Å². The lowest BCUT2D eigenvalue weighted by Gasteiger charge is -2.15. The number of methoxy groups -OCH3 is 2. The molecule has 10 nitrogen and oxygen atoms in total. The number of nitrogens with zero attached hydrogens (tertiary/aromatic N) is 3. The normalized spacial score (nSPS) is 10.7. The number of ether oxygens (including phenoxy) is 4. The van der Waals surface area contributed by atoms with Crippen molar-refractivity contribution in [2.24, 2.45) is 0 Å². The third-order valence-electron chi connectivity index (χ3n) is 5.27. The van der Waals surface area contributed by atoms with Crippen LogP contribution in [-0.2, 0) is 0 Å². The number of anilines is 1. The zero-order chi connectivity index (χ0) is 26.4. The second-order valence-corrected chi connectivity index (χ2v) is 8.28. The first-order valence-electron chi connectivity index (χ1n) is 11.1. The van der Waals surface area contributed by atoms with E-state index in [0.717, 1.165) is 6.07 Å². The van der Waals surface area contributed by atoms with Gasteiger partial charge >= 0.3 is 0 Å². The summed E-state index contributed by atoms with van der Waals surface area (Å²) >= 11 is 0. The molecule has 37 heavy (non-hydrogen) atoms. The molecule has 192 valence electrons. The van der Waals surface area contributed by atoms with Crippen LogP contribution in [0.15, 0.2) is 49.1 Å². The molecule has 0 aliphatic carbocycles. The van der Waals surface area contributed by atoms with Gasteiger partial charge in [-0.15, -0.1) is 9.24 Å². The minimum Gasteiger partial charge on any atom is -0.496 e. The van der Waals surface area contributed by atoms with Crippen LogP contribution in [0.1, 0.15) is 10.4 Å². The Kier molecular flexibility index (Phi) is 8.27. The molecule has 1 atom stereocenters. The number of halogens is 1. The maximum Gasteiger partial charge on any atom is 0.261 e. The van der Waals surface area contributed by atoms with E-state index in [1.54, 1.807) is 24.3 Å². The lowest BCUT2D eigenvalue weighted by molar-refractivity contribution is 0.102. The Morgan fingerprint density at radius 2 is 1.89 bits per heavy atom. The molecular weight excluding hydrogens is 500 g/mol. The fourth-order valence-electron chi connectivity index (χ4n) is 3.48. The lowest BCUT2D eigenvalue weighted by atomic mass is 10.2. The number of aromatic nitrogens is 3. The third-order valence-corrected chi connectivity index (χ3v) is 5.70. The topological polar surface area (TPSA) is 117 Å². The number of amides is 1. The molecule has 2 aromatic carbocycles. The van der Waals surface area contributed by atoms with Crippen molar-refractivity contribution in [2.75, 3.05) is 39.7 Å². The van der Waals surface area contributed by atoms with Crippen LogP contribution in [0, 0.1) is 5.82 Å². The van der Waals surface area contributed by atoms with Crippen LogP contribution in [0.2, 0.25) is 0 Å². The highest BCUT2D eigenvalue weighted by molar-refractivity contribution is 7.27. The number of benzene rings is 2. The summed E-state index contributed by atoms with van der Waals surface area (Å²) in [7, 11) is 7.20. The molecule has 0 aliphatic rings. The van der Waals surface area contributed by atoms with E-state index >= 15 is 4.39 Å². The Morgan fingerprint density at radius 3 is 2.62 bits per heavy atom. The van der Waals surface area contributed by atoms with Gasteiger partial charge in [-0.05, 0) is 25.2 Å². The van der Waals surface area contributed by atoms with Crippen LogP contribution in [0.3, 0.4) is 0 Å². The quantitative estimate of drug-likeness (QED) is 0.238. The summed E-state index contributed by atoms with van der Waals surface area (Å²) in [5, 5.41) is 6.52. The van der Waals surface area contributed by atoms with Gasteiger partial charge in [-0.1, -0.05) is 0 Å². The molecule has 2 aromatic heterocycles. The predicted molar refractivity (Wildman–Crippen MR) is 140 cm³/mol. The number of nitrogens with one attached hydrogen (secondary N) is 2. The van der Waals surface area contributed by atoms with Crippen molar-refractivity contribution in [1.82, 2.24) is 20.3 Å². The van der Waals surface area contributed by atoms with Gasteiger partial charge in [0.05, 0.1) is 30.7 Å². The van der Waals surface area contributed by atoms with Gasteiger partial charge < -0.3 is 29.6 Å². The standard InChI is InChI=1S/C25H25FN5O5P/c1-27-6-7-35-21-11-18-15(10-20(21)34-3)25(30-13-29-18)36-23-17(26)8-14(9-22(23)37)31-24(32)16-12-28-5-4-19(16)33-2/h4-5,8-13,27H,6-7,37H2,1-3H3,(H,31,32). The van der Waals surface area contributed by atoms with Crippen LogP contribution in [0.4, 0.5) is 10.1 Å². The van der Waals surface area contributed by atoms with E-state index in [9.17, 15) is 4.79 Å². The molecule has 0 spiro atoms. The highest BCUT2D eigenvalue weighted by Crippen LogP contribution is 2.36. The summed E-state index contributed by atoms with van der Waals surface area (Å²) in [6.07, 6.45) is 4.19.